The van der Waals surface area contributed by atoms with E-state index in [4.69, 9.17) is 10.2 Å². The molecule has 2 saturated heterocycles. The SMILES string of the molecule is Cc1ccc(N2CC(c3ccc(C#N)cc3)C2)cc1-c1[nH]c(C2CCNCC2)nc1C. The van der Waals surface area contributed by atoms with Gasteiger partial charge < -0.3 is 15.2 Å². The van der Waals surface area contributed by atoms with Crippen LogP contribution in [-0.4, -0.2) is 36.1 Å². The maximum Gasteiger partial charge on any atom is 0.110 e. The molecule has 158 valence electrons. The van der Waals surface area contributed by atoms with Gasteiger partial charge in [-0.05, 0) is 75.2 Å². The molecular weight excluding hydrogens is 382 g/mol. The van der Waals surface area contributed by atoms with E-state index in [9.17, 15) is 0 Å². The summed E-state index contributed by atoms with van der Waals surface area (Å²) in [6, 6.07) is 17.0. The third-order valence-electron chi connectivity index (χ3n) is 6.88. The predicted molar refractivity (Wildman–Crippen MR) is 124 cm³/mol. The van der Waals surface area contributed by atoms with Gasteiger partial charge in [-0.1, -0.05) is 18.2 Å². The lowest BCUT2D eigenvalue weighted by Crippen LogP contribution is -2.45. The first-order valence-corrected chi connectivity index (χ1v) is 11.3. The number of anilines is 1. The number of aromatic nitrogens is 2. The zero-order chi connectivity index (χ0) is 21.4. The van der Waals surface area contributed by atoms with E-state index in [-0.39, 0.29) is 0 Å². The average molecular weight is 412 g/mol. The van der Waals surface area contributed by atoms with Crippen molar-refractivity contribution in [2.45, 2.75) is 38.5 Å². The summed E-state index contributed by atoms with van der Waals surface area (Å²) in [6.07, 6.45) is 2.30. The summed E-state index contributed by atoms with van der Waals surface area (Å²) < 4.78 is 0. The number of nitriles is 1. The summed E-state index contributed by atoms with van der Waals surface area (Å²) in [7, 11) is 0. The van der Waals surface area contributed by atoms with Gasteiger partial charge in [0.05, 0.1) is 23.0 Å². The molecule has 5 nitrogen and oxygen atoms in total. The number of benzene rings is 2. The second-order valence-electron chi connectivity index (χ2n) is 8.94. The number of H-pyrrole nitrogens is 1. The standard InChI is InChI=1S/C26H29N5/c1-17-3-8-23(31-15-22(16-31)20-6-4-19(14-27)5-7-20)13-24(17)25-18(2)29-26(30-25)21-9-11-28-12-10-21/h3-8,13,21-22,28H,9-12,15-16H2,1-2H3,(H,29,30). The van der Waals surface area contributed by atoms with E-state index in [1.807, 2.05) is 12.1 Å². The molecule has 2 aromatic carbocycles. The topological polar surface area (TPSA) is 67.7 Å². The van der Waals surface area contributed by atoms with Crippen molar-refractivity contribution in [3.05, 3.63) is 70.7 Å². The molecule has 2 aliphatic heterocycles. The molecule has 0 unspecified atom stereocenters. The van der Waals surface area contributed by atoms with Gasteiger partial charge in [0.15, 0.2) is 0 Å². The van der Waals surface area contributed by atoms with Crippen molar-refractivity contribution >= 4 is 5.69 Å². The summed E-state index contributed by atoms with van der Waals surface area (Å²) in [5, 5.41) is 12.4. The molecule has 1 aromatic heterocycles. The number of imidazole rings is 1. The summed E-state index contributed by atoms with van der Waals surface area (Å²) in [5.41, 5.74) is 8.09. The smallest absolute Gasteiger partial charge is 0.110 e. The number of piperidine rings is 1. The molecular formula is C26H29N5. The first kappa shape index (κ1) is 19.8. The van der Waals surface area contributed by atoms with Gasteiger partial charge in [0.2, 0.25) is 0 Å². The second kappa shape index (κ2) is 8.20. The van der Waals surface area contributed by atoms with Crippen LogP contribution >= 0.6 is 0 Å². The fraction of sp³-hybridized carbons (Fsp3) is 0.385. The highest BCUT2D eigenvalue weighted by molar-refractivity contribution is 5.71. The Bertz CT molecular complexity index is 1110. The largest absolute Gasteiger partial charge is 0.370 e. The van der Waals surface area contributed by atoms with E-state index < -0.39 is 0 Å². The van der Waals surface area contributed by atoms with E-state index in [2.05, 4.69) is 65.4 Å². The number of hydrogen-bond donors (Lipinski definition) is 2. The number of rotatable bonds is 4. The second-order valence-corrected chi connectivity index (χ2v) is 8.94. The van der Waals surface area contributed by atoms with Gasteiger partial charge in [-0.2, -0.15) is 5.26 Å². The van der Waals surface area contributed by atoms with E-state index in [1.54, 1.807) is 0 Å². The Hall–Kier alpha value is -3.10. The first-order valence-electron chi connectivity index (χ1n) is 11.3. The molecule has 0 amide bonds. The van der Waals surface area contributed by atoms with E-state index >= 15 is 0 Å². The normalized spacial score (nSPS) is 17.4. The van der Waals surface area contributed by atoms with Crippen LogP contribution in [0.4, 0.5) is 5.69 Å². The highest BCUT2D eigenvalue weighted by Crippen LogP contribution is 2.36. The van der Waals surface area contributed by atoms with Gasteiger partial charge in [0.25, 0.3) is 0 Å². The van der Waals surface area contributed by atoms with Crippen LogP contribution in [0.15, 0.2) is 42.5 Å². The maximum absolute atomic E-state index is 9.00. The van der Waals surface area contributed by atoms with Crippen molar-refractivity contribution in [1.29, 1.82) is 5.26 Å². The molecule has 0 atom stereocenters. The van der Waals surface area contributed by atoms with Gasteiger partial charge in [-0.3, -0.25) is 0 Å². The van der Waals surface area contributed by atoms with Crippen LogP contribution in [-0.2, 0) is 0 Å². The highest BCUT2D eigenvalue weighted by Gasteiger charge is 2.29. The Morgan fingerprint density at radius 1 is 1.00 bits per heavy atom. The molecule has 2 N–H and O–H groups in total. The quantitative estimate of drug-likeness (QED) is 0.656. The van der Waals surface area contributed by atoms with Gasteiger partial charge in [-0.25, -0.2) is 4.98 Å². The fourth-order valence-corrected chi connectivity index (χ4v) is 4.84. The molecule has 2 aliphatic rings. The van der Waals surface area contributed by atoms with Crippen molar-refractivity contribution in [3.8, 4) is 17.3 Å². The zero-order valence-corrected chi connectivity index (χ0v) is 18.3. The Labute approximate surface area is 184 Å². The van der Waals surface area contributed by atoms with Crippen molar-refractivity contribution in [1.82, 2.24) is 15.3 Å². The molecule has 2 fully saturated rings. The summed E-state index contributed by atoms with van der Waals surface area (Å²) in [6.45, 7) is 8.47. The fourth-order valence-electron chi connectivity index (χ4n) is 4.84. The van der Waals surface area contributed by atoms with Gasteiger partial charge in [0, 0.05) is 36.2 Å². The van der Waals surface area contributed by atoms with Crippen molar-refractivity contribution in [2.24, 2.45) is 0 Å². The Balaban J connectivity index is 1.34. The molecule has 0 spiro atoms. The Morgan fingerprint density at radius 2 is 1.74 bits per heavy atom. The van der Waals surface area contributed by atoms with Crippen LogP contribution in [0.25, 0.3) is 11.3 Å². The summed E-state index contributed by atoms with van der Waals surface area (Å²) in [4.78, 5) is 11.0. The summed E-state index contributed by atoms with van der Waals surface area (Å²) in [5.74, 6) is 2.20. The molecule has 0 bridgehead atoms. The van der Waals surface area contributed by atoms with Crippen LogP contribution < -0.4 is 10.2 Å². The minimum absolute atomic E-state index is 0.526. The van der Waals surface area contributed by atoms with E-state index in [0.717, 1.165) is 61.8 Å². The van der Waals surface area contributed by atoms with Crippen LogP contribution in [0.5, 0.6) is 0 Å². The van der Waals surface area contributed by atoms with Gasteiger partial charge in [0.1, 0.15) is 5.82 Å². The Morgan fingerprint density at radius 3 is 2.45 bits per heavy atom. The van der Waals surface area contributed by atoms with Gasteiger partial charge >= 0.3 is 0 Å². The molecule has 0 radical (unpaired) electrons. The third kappa shape index (κ3) is 3.84. The first-order chi connectivity index (χ1) is 15.1. The summed E-state index contributed by atoms with van der Waals surface area (Å²) >= 11 is 0. The number of nitrogens with one attached hydrogen (secondary N) is 2. The Kier molecular flexibility index (Phi) is 5.25. The monoisotopic (exact) mass is 411 g/mol. The number of aryl methyl sites for hydroxylation is 2. The maximum atomic E-state index is 9.00. The zero-order valence-electron chi connectivity index (χ0n) is 18.3. The number of aromatic amines is 1. The molecule has 3 aromatic rings. The lowest BCUT2D eigenvalue weighted by Gasteiger charge is -2.41. The van der Waals surface area contributed by atoms with Crippen LogP contribution in [0.2, 0.25) is 0 Å². The minimum Gasteiger partial charge on any atom is -0.370 e. The predicted octanol–water partition coefficient (Wildman–Crippen LogP) is 4.64. The molecule has 31 heavy (non-hydrogen) atoms. The minimum atomic E-state index is 0.526. The third-order valence-corrected chi connectivity index (χ3v) is 6.88. The highest BCUT2D eigenvalue weighted by atomic mass is 15.2. The van der Waals surface area contributed by atoms with Crippen molar-refractivity contribution in [2.75, 3.05) is 31.1 Å². The average Bonchev–Trinajstić information content (AvgIpc) is 3.16. The number of hydrogen-bond acceptors (Lipinski definition) is 4. The molecule has 3 heterocycles. The lowest BCUT2D eigenvalue weighted by molar-refractivity contribution is 0.447. The van der Waals surface area contributed by atoms with Crippen LogP contribution in [0.3, 0.4) is 0 Å². The lowest BCUT2D eigenvalue weighted by atomic mass is 9.90. The van der Waals surface area contributed by atoms with E-state index in [0.29, 0.717) is 11.8 Å². The molecule has 0 aliphatic carbocycles. The van der Waals surface area contributed by atoms with Crippen molar-refractivity contribution in [3.63, 3.8) is 0 Å². The molecule has 5 heteroatoms. The molecule has 5 rings (SSSR count). The van der Waals surface area contributed by atoms with Crippen molar-refractivity contribution < 1.29 is 0 Å². The van der Waals surface area contributed by atoms with Crippen LogP contribution in [0, 0.1) is 25.2 Å². The number of nitrogens with zero attached hydrogens (tertiary/aromatic N) is 3. The van der Waals surface area contributed by atoms with Crippen LogP contribution in [0.1, 0.15) is 52.9 Å². The molecule has 0 saturated carbocycles. The van der Waals surface area contributed by atoms with E-state index in [1.165, 1.54) is 22.4 Å². The van der Waals surface area contributed by atoms with Gasteiger partial charge in [-0.15, -0.1) is 0 Å².